The Labute approximate surface area is 117 Å². The third kappa shape index (κ3) is 1.98. The normalized spacial score (nSPS) is 55.4. The van der Waals surface area contributed by atoms with Crippen LogP contribution in [0, 0.1) is 29.6 Å². The summed E-state index contributed by atoms with van der Waals surface area (Å²) in [6, 6.07) is 0. The Morgan fingerprint density at radius 1 is 0.947 bits per heavy atom. The van der Waals surface area contributed by atoms with Crippen LogP contribution in [0.4, 0.5) is 0 Å². The molecule has 1 heterocycles. The first-order chi connectivity index (χ1) is 8.95. The standard InChI is InChI=1S/C17H29NO/c1-16(2)10-17(19,3-4-18-16)15-13-6-11-5-12(8-13)9-14(15)7-11/h11-15,18-19H,3-10H2,1-2H3. The van der Waals surface area contributed by atoms with Crippen molar-refractivity contribution < 1.29 is 5.11 Å². The Morgan fingerprint density at radius 3 is 2.05 bits per heavy atom. The van der Waals surface area contributed by atoms with Crippen LogP contribution in [0.1, 0.15) is 58.8 Å². The lowest BCUT2D eigenvalue weighted by atomic mass is 9.47. The molecule has 5 aliphatic rings. The summed E-state index contributed by atoms with van der Waals surface area (Å²) in [6.07, 6.45) is 9.13. The number of nitrogens with one attached hydrogen (secondary N) is 1. The minimum atomic E-state index is -0.378. The highest BCUT2D eigenvalue weighted by atomic mass is 16.3. The lowest BCUT2D eigenvalue weighted by Gasteiger charge is -2.60. The number of hydrogen-bond acceptors (Lipinski definition) is 2. The molecule has 4 aliphatic carbocycles. The first kappa shape index (κ1) is 12.6. The molecule has 5 rings (SSSR count). The average Bonchev–Trinajstić information content (AvgIpc) is 2.24. The molecule has 0 aromatic rings. The van der Waals surface area contributed by atoms with Gasteiger partial charge in [-0.2, -0.15) is 0 Å². The fourth-order valence-electron chi connectivity index (χ4n) is 6.62. The fourth-order valence-corrected chi connectivity index (χ4v) is 6.62. The molecule has 0 radical (unpaired) electrons. The van der Waals surface area contributed by atoms with Crippen molar-refractivity contribution in [3.8, 4) is 0 Å². The van der Waals surface area contributed by atoms with Gasteiger partial charge in [-0.05, 0) is 94.9 Å². The van der Waals surface area contributed by atoms with Crippen LogP contribution in [0.2, 0.25) is 0 Å². The topological polar surface area (TPSA) is 32.3 Å². The smallest absolute Gasteiger partial charge is 0.0710 e. The van der Waals surface area contributed by atoms with E-state index >= 15 is 0 Å². The van der Waals surface area contributed by atoms with E-state index in [9.17, 15) is 5.11 Å². The van der Waals surface area contributed by atoms with E-state index in [-0.39, 0.29) is 11.1 Å². The average molecular weight is 263 g/mol. The van der Waals surface area contributed by atoms with E-state index in [0.29, 0.717) is 5.92 Å². The third-order valence-electron chi connectivity index (χ3n) is 6.76. The van der Waals surface area contributed by atoms with Crippen LogP contribution in [-0.4, -0.2) is 22.8 Å². The minimum absolute atomic E-state index is 0.113. The Kier molecular flexibility index (Phi) is 2.65. The van der Waals surface area contributed by atoms with Gasteiger partial charge in [0, 0.05) is 5.54 Å². The van der Waals surface area contributed by atoms with E-state index in [2.05, 4.69) is 19.2 Å². The van der Waals surface area contributed by atoms with Gasteiger partial charge in [0.05, 0.1) is 5.60 Å². The predicted molar refractivity (Wildman–Crippen MR) is 76.8 cm³/mol. The van der Waals surface area contributed by atoms with Gasteiger partial charge < -0.3 is 10.4 Å². The lowest BCUT2D eigenvalue weighted by molar-refractivity contribution is -0.163. The molecular formula is C17H29NO. The Bertz CT molecular complexity index is 349. The Balaban J connectivity index is 1.61. The van der Waals surface area contributed by atoms with Gasteiger partial charge in [-0.15, -0.1) is 0 Å². The van der Waals surface area contributed by atoms with Gasteiger partial charge in [0.2, 0.25) is 0 Å². The molecule has 4 saturated carbocycles. The summed E-state index contributed by atoms with van der Waals surface area (Å²) in [5.41, 5.74) is -0.265. The maximum Gasteiger partial charge on any atom is 0.0710 e. The molecule has 1 aliphatic heterocycles. The maximum absolute atomic E-state index is 11.4. The highest BCUT2D eigenvalue weighted by molar-refractivity contribution is 5.08. The molecule has 0 amide bonds. The molecule has 5 fully saturated rings. The summed E-state index contributed by atoms with van der Waals surface area (Å²) in [6.45, 7) is 5.51. The van der Waals surface area contributed by atoms with Gasteiger partial charge >= 0.3 is 0 Å². The molecule has 4 bridgehead atoms. The van der Waals surface area contributed by atoms with E-state index in [1.807, 2.05) is 0 Å². The Hall–Kier alpha value is -0.0800. The van der Waals surface area contributed by atoms with Crippen molar-refractivity contribution in [2.24, 2.45) is 29.6 Å². The summed E-state index contributed by atoms with van der Waals surface area (Å²) >= 11 is 0. The molecule has 1 atom stereocenters. The molecule has 19 heavy (non-hydrogen) atoms. The van der Waals surface area contributed by atoms with Gasteiger partial charge in [0.1, 0.15) is 0 Å². The van der Waals surface area contributed by atoms with Crippen molar-refractivity contribution >= 4 is 0 Å². The van der Waals surface area contributed by atoms with Crippen molar-refractivity contribution in [2.45, 2.75) is 69.9 Å². The van der Waals surface area contributed by atoms with Gasteiger partial charge in [-0.1, -0.05) is 0 Å². The predicted octanol–water partition coefficient (Wildman–Crippen LogP) is 2.95. The maximum atomic E-state index is 11.4. The highest BCUT2D eigenvalue weighted by Crippen LogP contribution is 2.60. The number of hydrogen-bond donors (Lipinski definition) is 2. The molecule has 2 nitrogen and oxygen atoms in total. The molecule has 108 valence electrons. The lowest BCUT2D eigenvalue weighted by Crippen LogP contribution is -2.62. The van der Waals surface area contributed by atoms with Crippen molar-refractivity contribution in [2.75, 3.05) is 6.54 Å². The molecule has 0 aromatic carbocycles. The second kappa shape index (κ2) is 3.98. The van der Waals surface area contributed by atoms with Gasteiger partial charge in [0.15, 0.2) is 0 Å². The first-order valence-corrected chi connectivity index (χ1v) is 8.43. The van der Waals surface area contributed by atoms with Gasteiger partial charge in [-0.25, -0.2) is 0 Å². The second-order valence-electron chi connectivity index (χ2n) is 8.80. The molecule has 1 unspecified atom stereocenters. The molecule has 1 saturated heterocycles. The van der Waals surface area contributed by atoms with E-state index in [1.54, 1.807) is 0 Å². The highest BCUT2D eigenvalue weighted by Gasteiger charge is 2.56. The van der Waals surface area contributed by atoms with Gasteiger partial charge in [-0.3, -0.25) is 0 Å². The fraction of sp³-hybridized carbons (Fsp3) is 1.00. The SMILES string of the molecule is CC1(C)CC(O)(C2C3CC4CC(C3)CC2C4)CCN1. The Morgan fingerprint density at radius 2 is 1.53 bits per heavy atom. The van der Waals surface area contributed by atoms with Crippen LogP contribution in [-0.2, 0) is 0 Å². The van der Waals surface area contributed by atoms with Crippen LogP contribution >= 0.6 is 0 Å². The van der Waals surface area contributed by atoms with Crippen LogP contribution in [0.5, 0.6) is 0 Å². The van der Waals surface area contributed by atoms with Crippen molar-refractivity contribution in [3.63, 3.8) is 0 Å². The molecule has 0 spiro atoms. The van der Waals surface area contributed by atoms with Crippen molar-refractivity contribution in [1.29, 1.82) is 0 Å². The summed E-state index contributed by atoms with van der Waals surface area (Å²) in [5.74, 6) is 4.32. The second-order valence-corrected chi connectivity index (χ2v) is 8.80. The van der Waals surface area contributed by atoms with Crippen molar-refractivity contribution in [1.82, 2.24) is 5.32 Å². The molecule has 2 heteroatoms. The van der Waals surface area contributed by atoms with Gasteiger partial charge in [0.25, 0.3) is 0 Å². The van der Waals surface area contributed by atoms with Crippen molar-refractivity contribution in [3.05, 3.63) is 0 Å². The molecule has 2 N–H and O–H groups in total. The van der Waals surface area contributed by atoms with E-state index in [1.165, 1.54) is 32.1 Å². The number of aliphatic hydroxyl groups is 1. The molecule has 0 aromatic heterocycles. The zero-order chi connectivity index (χ0) is 13.3. The molecular weight excluding hydrogens is 234 g/mol. The van der Waals surface area contributed by atoms with Crippen LogP contribution in [0.25, 0.3) is 0 Å². The quantitative estimate of drug-likeness (QED) is 0.762. The zero-order valence-corrected chi connectivity index (χ0v) is 12.5. The summed E-state index contributed by atoms with van der Waals surface area (Å²) in [4.78, 5) is 0. The summed E-state index contributed by atoms with van der Waals surface area (Å²) < 4.78 is 0. The number of rotatable bonds is 1. The zero-order valence-electron chi connectivity index (χ0n) is 12.5. The number of piperidine rings is 1. The monoisotopic (exact) mass is 263 g/mol. The first-order valence-electron chi connectivity index (χ1n) is 8.43. The van der Waals surface area contributed by atoms with Crippen LogP contribution < -0.4 is 5.32 Å². The van der Waals surface area contributed by atoms with Crippen LogP contribution in [0.3, 0.4) is 0 Å². The van der Waals surface area contributed by atoms with E-state index in [4.69, 9.17) is 0 Å². The minimum Gasteiger partial charge on any atom is -0.389 e. The summed E-state index contributed by atoms with van der Waals surface area (Å²) in [5, 5.41) is 15.0. The summed E-state index contributed by atoms with van der Waals surface area (Å²) in [7, 11) is 0. The van der Waals surface area contributed by atoms with Crippen LogP contribution in [0.15, 0.2) is 0 Å². The van der Waals surface area contributed by atoms with E-state index < -0.39 is 0 Å². The third-order valence-corrected chi connectivity index (χ3v) is 6.76. The largest absolute Gasteiger partial charge is 0.389 e. The van der Waals surface area contributed by atoms with E-state index in [0.717, 1.165) is 43.1 Å².